The third-order valence-corrected chi connectivity index (χ3v) is 8.13. The number of hydrogen-bond donors (Lipinski definition) is 2. The summed E-state index contributed by atoms with van der Waals surface area (Å²) in [6.45, 7) is 3.73. The number of nitrogens with zero attached hydrogens (tertiary/aromatic N) is 3. The average molecular weight is 495 g/mol. The number of aliphatic hydroxyl groups is 1. The molecule has 2 aliphatic heterocycles. The highest BCUT2D eigenvalue weighted by molar-refractivity contribution is 5.92. The maximum atomic E-state index is 15.3. The number of likely N-dealkylation sites (tertiary alicyclic amines) is 2. The third kappa shape index (κ3) is 4.64. The molecule has 2 N–H and O–H groups in total. The topological polar surface area (TPSA) is 85.8 Å². The van der Waals surface area contributed by atoms with Crippen molar-refractivity contribution in [3.8, 4) is 11.1 Å². The van der Waals surface area contributed by atoms with Crippen LogP contribution in [0.5, 0.6) is 0 Å². The Morgan fingerprint density at radius 3 is 2.67 bits per heavy atom. The summed E-state index contributed by atoms with van der Waals surface area (Å²) >= 11 is 0. The number of benzene rings is 1. The van der Waals surface area contributed by atoms with E-state index < -0.39 is 11.6 Å². The molecule has 2 saturated heterocycles. The van der Waals surface area contributed by atoms with Gasteiger partial charge in [0.15, 0.2) is 0 Å². The second-order valence-electron chi connectivity index (χ2n) is 10.4. The normalized spacial score (nSPS) is 25.1. The number of aliphatic hydroxyl groups excluding tert-OH is 1. The standard InChI is InChI=1S/C28H35FN4O3/c1-2-30-26(35)25-11-10-20(16-31-25)19-8-9-21(24(29)14-19)17-32-18-23(34)15-28(32)12-13-33(27(28)36)22-6-4-3-5-7-22/h8-11,14,16,22-23,34H,2-7,12-13,15,17-18H2,1H3,(H,30,35)/t23-,28?/m1/s1. The van der Waals surface area contributed by atoms with E-state index in [2.05, 4.69) is 10.3 Å². The first-order valence-corrected chi connectivity index (χ1v) is 13.2. The molecular formula is C28H35FN4O3. The van der Waals surface area contributed by atoms with Crippen molar-refractivity contribution < 1.29 is 19.1 Å². The molecule has 2 aromatic rings. The minimum atomic E-state index is -0.735. The molecule has 1 spiro atoms. The van der Waals surface area contributed by atoms with Crippen LogP contribution in [0.15, 0.2) is 36.5 Å². The first kappa shape index (κ1) is 24.8. The van der Waals surface area contributed by atoms with Crippen molar-refractivity contribution in [2.75, 3.05) is 19.6 Å². The first-order valence-electron chi connectivity index (χ1n) is 13.2. The van der Waals surface area contributed by atoms with Crippen LogP contribution >= 0.6 is 0 Å². The second-order valence-corrected chi connectivity index (χ2v) is 10.4. The van der Waals surface area contributed by atoms with Crippen LogP contribution in [0.2, 0.25) is 0 Å². The average Bonchev–Trinajstić information content (AvgIpc) is 3.39. The van der Waals surface area contributed by atoms with Crippen LogP contribution in [0.1, 0.15) is 67.9 Å². The van der Waals surface area contributed by atoms with Crippen LogP contribution in [0, 0.1) is 5.82 Å². The summed E-state index contributed by atoms with van der Waals surface area (Å²) in [5, 5.41) is 13.2. The molecule has 8 heteroatoms. The summed E-state index contributed by atoms with van der Waals surface area (Å²) in [6.07, 6.45) is 7.75. The van der Waals surface area contributed by atoms with Crippen molar-refractivity contribution in [3.05, 3.63) is 53.6 Å². The number of rotatable bonds is 6. The largest absolute Gasteiger partial charge is 0.392 e. The van der Waals surface area contributed by atoms with E-state index in [1.165, 1.54) is 12.5 Å². The van der Waals surface area contributed by atoms with Crippen molar-refractivity contribution >= 4 is 11.8 Å². The molecule has 1 aromatic heterocycles. The van der Waals surface area contributed by atoms with Gasteiger partial charge >= 0.3 is 0 Å². The molecule has 36 heavy (non-hydrogen) atoms. The number of carbonyl (C=O) groups excluding carboxylic acids is 2. The van der Waals surface area contributed by atoms with Gasteiger partial charge in [-0.1, -0.05) is 37.5 Å². The molecule has 2 amide bonds. The Balaban J connectivity index is 1.32. The van der Waals surface area contributed by atoms with Crippen molar-refractivity contribution in [3.63, 3.8) is 0 Å². The molecule has 3 heterocycles. The lowest BCUT2D eigenvalue weighted by molar-refractivity contribution is -0.139. The Kier molecular flexibility index (Phi) is 7.08. The van der Waals surface area contributed by atoms with Crippen molar-refractivity contribution in [1.29, 1.82) is 0 Å². The number of hydrogen-bond acceptors (Lipinski definition) is 5. The van der Waals surface area contributed by atoms with E-state index in [1.54, 1.807) is 24.4 Å². The number of aromatic nitrogens is 1. The van der Waals surface area contributed by atoms with E-state index in [0.29, 0.717) is 55.3 Å². The highest BCUT2D eigenvalue weighted by Gasteiger charge is 2.56. The predicted molar refractivity (Wildman–Crippen MR) is 135 cm³/mol. The van der Waals surface area contributed by atoms with Gasteiger partial charge in [-0.25, -0.2) is 4.39 Å². The van der Waals surface area contributed by atoms with Gasteiger partial charge in [0.1, 0.15) is 17.1 Å². The number of amides is 2. The van der Waals surface area contributed by atoms with Gasteiger partial charge in [-0.2, -0.15) is 0 Å². The Morgan fingerprint density at radius 1 is 1.19 bits per heavy atom. The van der Waals surface area contributed by atoms with E-state index in [9.17, 15) is 14.7 Å². The minimum absolute atomic E-state index is 0.112. The van der Waals surface area contributed by atoms with Crippen molar-refractivity contribution in [2.24, 2.45) is 0 Å². The number of halogens is 1. The van der Waals surface area contributed by atoms with Crippen LogP contribution in [0.4, 0.5) is 4.39 Å². The zero-order valence-corrected chi connectivity index (χ0v) is 20.9. The summed E-state index contributed by atoms with van der Waals surface area (Å²) in [5.41, 5.74) is 1.47. The summed E-state index contributed by atoms with van der Waals surface area (Å²) in [5.74, 6) is -0.483. The first-order chi connectivity index (χ1) is 17.4. The second kappa shape index (κ2) is 10.3. The Hall–Kier alpha value is -2.84. The summed E-state index contributed by atoms with van der Waals surface area (Å²) in [4.78, 5) is 33.8. The van der Waals surface area contributed by atoms with E-state index in [1.807, 2.05) is 22.8 Å². The molecule has 7 nitrogen and oxygen atoms in total. The summed E-state index contributed by atoms with van der Waals surface area (Å²) < 4.78 is 15.3. The molecule has 1 aromatic carbocycles. The fraction of sp³-hybridized carbons (Fsp3) is 0.536. The Labute approximate surface area is 211 Å². The van der Waals surface area contributed by atoms with Gasteiger partial charge in [-0.3, -0.25) is 19.5 Å². The molecule has 1 aliphatic carbocycles. The highest BCUT2D eigenvalue weighted by atomic mass is 19.1. The lowest BCUT2D eigenvalue weighted by Gasteiger charge is -2.36. The molecular weight excluding hydrogens is 459 g/mol. The molecule has 1 unspecified atom stereocenters. The monoisotopic (exact) mass is 494 g/mol. The number of β-amino-alcohol motifs (C(OH)–C–C–N with tert-alkyl or cyclic N) is 1. The summed E-state index contributed by atoms with van der Waals surface area (Å²) in [7, 11) is 0. The van der Waals surface area contributed by atoms with Gasteiger partial charge in [0.05, 0.1) is 6.10 Å². The zero-order valence-electron chi connectivity index (χ0n) is 20.9. The number of pyridine rings is 1. The van der Waals surface area contributed by atoms with Crippen molar-refractivity contribution in [2.45, 2.75) is 76.1 Å². The van der Waals surface area contributed by atoms with Gasteiger partial charge in [-0.05, 0) is 43.9 Å². The molecule has 1 saturated carbocycles. The minimum Gasteiger partial charge on any atom is -0.392 e. The van der Waals surface area contributed by atoms with E-state index in [4.69, 9.17) is 0 Å². The molecule has 3 fully saturated rings. The van der Waals surface area contributed by atoms with Crippen LogP contribution in [0.3, 0.4) is 0 Å². The lowest BCUT2D eigenvalue weighted by Crippen LogP contribution is -2.51. The smallest absolute Gasteiger partial charge is 0.269 e. The predicted octanol–water partition coefficient (Wildman–Crippen LogP) is 3.51. The third-order valence-electron chi connectivity index (χ3n) is 8.13. The maximum Gasteiger partial charge on any atom is 0.269 e. The fourth-order valence-electron chi connectivity index (χ4n) is 6.24. The van der Waals surface area contributed by atoms with Gasteiger partial charge < -0.3 is 15.3 Å². The fourth-order valence-corrected chi connectivity index (χ4v) is 6.24. The Bertz CT molecular complexity index is 1120. The van der Waals surface area contributed by atoms with Crippen LogP contribution in [-0.4, -0.2) is 69.0 Å². The zero-order chi connectivity index (χ0) is 25.3. The molecule has 5 rings (SSSR count). The molecule has 0 bridgehead atoms. The molecule has 2 atom stereocenters. The highest BCUT2D eigenvalue weighted by Crippen LogP contribution is 2.42. The summed E-state index contributed by atoms with van der Waals surface area (Å²) in [6, 6.07) is 8.75. The Morgan fingerprint density at radius 2 is 1.97 bits per heavy atom. The molecule has 192 valence electrons. The van der Waals surface area contributed by atoms with Crippen LogP contribution in [-0.2, 0) is 11.3 Å². The van der Waals surface area contributed by atoms with Crippen LogP contribution < -0.4 is 5.32 Å². The lowest BCUT2D eigenvalue weighted by atomic mass is 9.91. The maximum absolute atomic E-state index is 15.3. The van der Waals surface area contributed by atoms with Gasteiger partial charge in [0.25, 0.3) is 5.91 Å². The number of nitrogens with one attached hydrogen (secondary N) is 1. The quantitative estimate of drug-likeness (QED) is 0.642. The van der Waals surface area contributed by atoms with Gasteiger partial charge in [0.2, 0.25) is 5.91 Å². The van der Waals surface area contributed by atoms with E-state index >= 15 is 4.39 Å². The number of carbonyl (C=O) groups is 2. The SMILES string of the molecule is CCNC(=O)c1ccc(-c2ccc(CN3C[C@H](O)CC34CCN(C3CCCCC3)C4=O)c(F)c2)cn1. The van der Waals surface area contributed by atoms with Crippen molar-refractivity contribution in [1.82, 2.24) is 20.1 Å². The molecule has 0 radical (unpaired) electrons. The van der Waals surface area contributed by atoms with Gasteiger partial charge in [0, 0.05) is 56.0 Å². The van der Waals surface area contributed by atoms with E-state index in [0.717, 1.165) is 31.2 Å². The molecule has 3 aliphatic rings. The van der Waals surface area contributed by atoms with E-state index in [-0.39, 0.29) is 24.2 Å². The van der Waals surface area contributed by atoms with Gasteiger partial charge in [-0.15, -0.1) is 0 Å². The van der Waals surface area contributed by atoms with Crippen LogP contribution in [0.25, 0.3) is 11.1 Å².